The van der Waals surface area contributed by atoms with Crippen LogP contribution in [0.2, 0.25) is 0 Å². The van der Waals surface area contributed by atoms with Crippen LogP contribution < -0.4 is 14.8 Å². The summed E-state index contributed by atoms with van der Waals surface area (Å²) in [5, 5.41) is 12.0. The highest BCUT2D eigenvalue weighted by molar-refractivity contribution is 5.77. The second kappa shape index (κ2) is 6.43. The number of aliphatic carboxylic acids is 1. The van der Waals surface area contributed by atoms with Crippen molar-refractivity contribution in [2.45, 2.75) is 25.8 Å². The average molecular weight is 267 g/mol. The maximum absolute atomic E-state index is 10.9. The molecule has 1 aromatic carbocycles. The molecule has 0 atom stereocenters. The van der Waals surface area contributed by atoms with Gasteiger partial charge in [0.05, 0.1) is 14.2 Å². The van der Waals surface area contributed by atoms with Crippen molar-refractivity contribution in [3.8, 4) is 11.5 Å². The Morgan fingerprint density at radius 1 is 1.26 bits per heavy atom. The van der Waals surface area contributed by atoms with E-state index in [4.69, 9.17) is 14.6 Å². The van der Waals surface area contributed by atoms with E-state index in [0.717, 1.165) is 12.0 Å². The standard InChI is InChI=1S/C14H21NO4/c1-14(2,13(16)17)15-8-7-10-5-6-11(18-3)12(9-10)19-4/h5-6,9,15H,7-8H2,1-4H3,(H,16,17). The van der Waals surface area contributed by atoms with Crippen molar-refractivity contribution in [1.82, 2.24) is 5.32 Å². The molecule has 1 rings (SSSR count). The van der Waals surface area contributed by atoms with Crippen LogP contribution in [-0.4, -0.2) is 37.4 Å². The van der Waals surface area contributed by atoms with Gasteiger partial charge in [-0.25, -0.2) is 0 Å². The highest BCUT2D eigenvalue weighted by atomic mass is 16.5. The molecule has 0 aliphatic carbocycles. The zero-order valence-corrected chi connectivity index (χ0v) is 11.8. The lowest BCUT2D eigenvalue weighted by Gasteiger charge is -2.21. The minimum Gasteiger partial charge on any atom is -0.493 e. The number of carboxylic acids is 1. The summed E-state index contributed by atoms with van der Waals surface area (Å²) in [5.41, 5.74) is 0.141. The van der Waals surface area contributed by atoms with E-state index < -0.39 is 11.5 Å². The molecule has 5 heteroatoms. The fourth-order valence-corrected chi connectivity index (χ4v) is 1.63. The molecule has 0 amide bonds. The van der Waals surface area contributed by atoms with Crippen molar-refractivity contribution >= 4 is 5.97 Å². The number of hydrogen-bond donors (Lipinski definition) is 2. The van der Waals surface area contributed by atoms with Crippen LogP contribution in [0.1, 0.15) is 19.4 Å². The molecule has 0 aliphatic rings. The molecule has 0 unspecified atom stereocenters. The van der Waals surface area contributed by atoms with Crippen LogP contribution in [0.15, 0.2) is 18.2 Å². The lowest BCUT2D eigenvalue weighted by Crippen LogP contribution is -2.47. The molecule has 0 aromatic heterocycles. The van der Waals surface area contributed by atoms with Gasteiger partial charge in [-0.3, -0.25) is 4.79 Å². The largest absolute Gasteiger partial charge is 0.493 e. The van der Waals surface area contributed by atoms with Crippen LogP contribution in [-0.2, 0) is 11.2 Å². The summed E-state index contributed by atoms with van der Waals surface area (Å²) in [6.45, 7) is 3.86. The van der Waals surface area contributed by atoms with Crippen molar-refractivity contribution < 1.29 is 19.4 Å². The number of methoxy groups -OCH3 is 2. The van der Waals surface area contributed by atoms with E-state index >= 15 is 0 Å². The summed E-state index contributed by atoms with van der Waals surface area (Å²) in [7, 11) is 3.18. The van der Waals surface area contributed by atoms with Gasteiger partial charge in [0.25, 0.3) is 0 Å². The van der Waals surface area contributed by atoms with Gasteiger partial charge in [0.15, 0.2) is 11.5 Å². The van der Waals surface area contributed by atoms with E-state index in [2.05, 4.69) is 5.32 Å². The van der Waals surface area contributed by atoms with Gasteiger partial charge in [0.1, 0.15) is 5.54 Å². The molecule has 5 nitrogen and oxygen atoms in total. The summed E-state index contributed by atoms with van der Waals surface area (Å²) >= 11 is 0. The average Bonchev–Trinajstić information content (AvgIpc) is 2.38. The highest BCUT2D eigenvalue weighted by Gasteiger charge is 2.25. The maximum atomic E-state index is 10.9. The van der Waals surface area contributed by atoms with Gasteiger partial charge in [-0.05, 0) is 38.0 Å². The number of nitrogens with one attached hydrogen (secondary N) is 1. The predicted octanol–water partition coefficient (Wildman–Crippen LogP) is 1.70. The van der Waals surface area contributed by atoms with E-state index in [9.17, 15) is 4.79 Å². The number of carboxylic acid groups (broad SMARTS) is 1. The van der Waals surface area contributed by atoms with Crippen LogP contribution in [0.25, 0.3) is 0 Å². The number of carbonyl (C=O) groups is 1. The first-order valence-electron chi connectivity index (χ1n) is 6.10. The van der Waals surface area contributed by atoms with Crippen molar-refractivity contribution in [1.29, 1.82) is 0 Å². The van der Waals surface area contributed by atoms with Gasteiger partial charge in [-0.15, -0.1) is 0 Å². The third-order valence-electron chi connectivity index (χ3n) is 2.96. The fraction of sp³-hybridized carbons (Fsp3) is 0.500. The first-order valence-corrected chi connectivity index (χ1v) is 6.10. The number of ether oxygens (including phenoxy) is 2. The Hall–Kier alpha value is -1.75. The van der Waals surface area contributed by atoms with E-state index in [1.165, 1.54) is 0 Å². The summed E-state index contributed by atoms with van der Waals surface area (Å²) in [6.07, 6.45) is 0.719. The van der Waals surface area contributed by atoms with Gasteiger partial charge in [-0.1, -0.05) is 6.07 Å². The van der Waals surface area contributed by atoms with Gasteiger partial charge >= 0.3 is 5.97 Å². The normalized spacial score (nSPS) is 11.2. The molecule has 0 saturated carbocycles. The first kappa shape index (κ1) is 15.3. The second-order valence-electron chi connectivity index (χ2n) is 4.80. The van der Waals surface area contributed by atoms with Crippen molar-refractivity contribution in [2.75, 3.05) is 20.8 Å². The van der Waals surface area contributed by atoms with Crippen molar-refractivity contribution in [3.63, 3.8) is 0 Å². The molecule has 0 aliphatic heterocycles. The SMILES string of the molecule is COc1ccc(CCNC(C)(C)C(=O)O)cc1OC. The Morgan fingerprint density at radius 3 is 2.42 bits per heavy atom. The molecule has 2 N–H and O–H groups in total. The topological polar surface area (TPSA) is 67.8 Å². The minimum absolute atomic E-state index is 0.578. The van der Waals surface area contributed by atoms with E-state index in [1.807, 2.05) is 18.2 Å². The van der Waals surface area contributed by atoms with Crippen molar-refractivity contribution in [2.24, 2.45) is 0 Å². The Labute approximate surface area is 113 Å². The van der Waals surface area contributed by atoms with E-state index in [-0.39, 0.29) is 0 Å². The Kier molecular flexibility index (Phi) is 5.18. The van der Waals surface area contributed by atoms with Crippen LogP contribution in [0.5, 0.6) is 11.5 Å². The van der Waals surface area contributed by atoms with Gasteiger partial charge in [-0.2, -0.15) is 0 Å². The summed E-state index contributed by atoms with van der Waals surface area (Å²) in [4.78, 5) is 10.9. The zero-order valence-electron chi connectivity index (χ0n) is 11.8. The lowest BCUT2D eigenvalue weighted by atomic mass is 10.1. The Balaban J connectivity index is 2.61. The number of hydrogen-bond acceptors (Lipinski definition) is 4. The molecular weight excluding hydrogens is 246 g/mol. The van der Waals surface area contributed by atoms with Crippen LogP contribution in [0, 0.1) is 0 Å². The first-order chi connectivity index (χ1) is 8.90. The quantitative estimate of drug-likeness (QED) is 0.787. The molecular formula is C14H21NO4. The second-order valence-corrected chi connectivity index (χ2v) is 4.80. The maximum Gasteiger partial charge on any atom is 0.323 e. The summed E-state index contributed by atoms with van der Waals surface area (Å²) < 4.78 is 10.4. The lowest BCUT2D eigenvalue weighted by molar-refractivity contribution is -0.143. The molecule has 0 saturated heterocycles. The Bertz CT molecular complexity index is 443. The third-order valence-corrected chi connectivity index (χ3v) is 2.96. The number of rotatable bonds is 7. The minimum atomic E-state index is -0.920. The third kappa shape index (κ3) is 4.13. The molecule has 0 heterocycles. The van der Waals surface area contributed by atoms with Gasteiger partial charge in [0.2, 0.25) is 0 Å². The molecule has 0 radical (unpaired) electrons. The van der Waals surface area contributed by atoms with E-state index in [0.29, 0.717) is 18.0 Å². The Morgan fingerprint density at radius 2 is 1.89 bits per heavy atom. The van der Waals surface area contributed by atoms with Crippen LogP contribution >= 0.6 is 0 Å². The molecule has 106 valence electrons. The summed E-state index contributed by atoms with van der Waals surface area (Å²) in [5.74, 6) is 0.502. The molecule has 0 bridgehead atoms. The molecule has 0 spiro atoms. The van der Waals surface area contributed by atoms with Crippen molar-refractivity contribution in [3.05, 3.63) is 23.8 Å². The fourth-order valence-electron chi connectivity index (χ4n) is 1.63. The highest BCUT2D eigenvalue weighted by Crippen LogP contribution is 2.27. The number of benzene rings is 1. The monoisotopic (exact) mass is 267 g/mol. The molecule has 0 fully saturated rings. The predicted molar refractivity (Wildman–Crippen MR) is 73.0 cm³/mol. The van der Waals surface area contributed by atoms with Crippen LogP contribution in [0.4, 0.5) is 0 Å². The molecule has 19 heavy (non-hydrogen) atoms. The summed E-state index contributed by atoms with van der Waals surface area (Å²) in [6, 6.07) is 5.68. The van der Waals surface area contributed by atoms with Gasteiger partial charge in [0, 0.05) is 6.54 Å². The smallest absolute Gasteiger partial charge is 0.323 e. The van der Waals surface area contributed by atoms with Gasteiger partial charge < -0.3 is 19.9 Å². The van der Waals surface area contributed by atoms with Crippen LogP contribution in [0.3, 0.4) is 0 Å². The van der Waals surface area contributed by atoms with E-state index in [1.54, 1.807) is 28.1 Å². The molecule has 1 aromatic rings. The zero-order chi connectivity index (χ0) is 14.5.